The average molecular weight is 494 g/mol. The van der Waals surface area contributed by atoms with Gasteiger partial charge in [0.1, 0.15) is 17.3 Å². The molecule has 2 saturated heterocycles. The number of nitrogens with zero attached hydrogens (tertiary/aromatic N) is 2. The molecule has 0 radical (unpaired) electrons. The Morgan fingerprint density at radius 1 is 0.971 bits per heavy atom. The van der Waals surface area contributed by atoms with E-state index >= 15 is 0 Å². The van der Waals surface area contributed by atoms with E-state index in [1.807, 2.05) is 35.2 Å². The zero-order valence-corrected chi connectivity index (χ0v) is 20.5. The highest BCUT2D eigenvalue weighted by molar-refractivity contribution is 6.31. The Morgan fingerprint density at radius 2 is 1.63 bits per heavy atom. The summed E-state index contributed by atoms with van der Waals surface area (Å²) in [5.74, 6) is 0.868. The first kappa shape index (κ1) is 23.6. The number of likely N-dealkylation sites (tertiary alicyclic amines) is 2. The molecule has 3 aromatic rings. The van der Waals surface area contributed by atoms with E-state index in [-0.39, 0.29) is 23.3 Å². The van der Waals surface area contributed by atoms with Gasteiger partial charge in [-0.3, -0.25) is 4.90 Å². The molecule has 2 aliphatic rings. The third kappa shape index (κ3) is 5.29. The number of benzene rings is 3. The van der Waals surface area contributed by atoms with Gasteiger partial charge in [0.25, 0.3) is 0 Å². The lowest BCUT2D eigenvalue weighted by Crippen LogP contribution is -2.36. The number of halogens is 2. The molecule has 5 nitrogen and oxygen atoms in total. The zero-order valence-electron chi connectivity index (χ0n) is 19.7. The van der Waals surface area contributed by atoms with E-state index in [1.54, 1.807) is 24.3 Å². The summed E-state index contributed by atoms with van der Waals surface area (Å²) in [5.41, 5.74) is 2.01. The van der Waals surface area contributed by atoms with Gasteiger partial charge in [-0.1, -0.05) is 29.8 Å². The normalized spacial score (nSPS) is 20.8. The molecule has 182 valence electrons. The lowest BCUT2D eigenvalue weighted by atomic mass is 9.86. The van der Waals surface area contributed by atoms with Crippen LogP contribution in [0.25, 0.3) is 0 Å². The summed E-state index contributed by atoms with van der Waals surface area (Å²) in [4.78, 5) is 17.4. The predicted molar refractivity (Wildman–Crippen MR) is 137 cm³/mol. The SMILES string of the molecule is CC(c1ccccc1Cl)N1CCC2(CCN(C(=O)Nc3ccc(Oc4ccc(F)cc4)cc3)C2)C1. The molecule has 2 fully saturated rings. The van der Waals surface area contributed by atoms with Crippen molar-refractivity contribution in [1.82, 2.24) is 9.80 Å². The van der Waals surface area contributed by atoms with E-state index in [2.05, 4.69) is 23.2 Å². The predicted octanol–water partition coefficient (Wildman–Crippen LogP) is 6.96. The maximum Gasteiger partial charge on any atom is 0.321 e. The summed E-state index contributed by atoms with van der Waals surface area (Å²) < 4.78 is 18.8. The molecule has 3 aromatic carbocycles. The second kappa shape index (κ2) is 9.88. The number of nitrogens with one attached hydrogen (secondary N) is 1. The molecule has 2 amide bonds. The van der Waals surface area contributed by atoms with Gasteiger partial charge in [-0.05, 0) is 86.5 Å². The van der Waals surface area contributed by atoms with Gasteiger partial charge in [-0.25, -0.2) is 9.18 Å². The quantitative estimate of drug-likeness (QED) is 0.417. The second-order valence-electron chi connectivity index (χ2n) is 9.60. The van der Waals surface area contributed by atoms with Crippen molar-refractivity contribution in [2.75, 3.05) is 31.5 Å². The number of hydrogen-bond donors (Lipinski definition) is 1. The molecule has 5 rings (SSSR count). The average Bonchev–Trinajstić information content (AvgIpc) is 3.48. The van der Waals surface area contributed by atoms with Gasteiger partial charge in [0.15, 0.2) is 0 Å². The molecule has 1 N–H and O–H groups in total. The van der Waals surface area contributed by atoms with Crippen molar-refractivity contribution in [2.24, 2.45) is 5.41 Å². The van der Waals surface area contributed by atoms with Crippen LogP contribution in [0.4, 0.5) is 14.9 Å². The van der Waals surface area contributed by atoms with Crippen molar-refractivity contribution < 1.29 is 13.9 Å². The van der Waals surface area contributed by atoms with Gasteiger partial charge in [-0.15, -0.1) is 0 Å². The molecule has 1 spiro atoms. The second-order valence-corrected chi connectivity index (χ2v) is 10.0. The number of urea groups is 1. The van der Waals surface area contributed by atoms with Crippen LogP contribution in [0.1, 0.15) is 31.4 Å². The summed E-state index contributed by atoms with van der Waals surface area (Å²) in [6, 6.07) is 21.3. The number of carbonyl (C=O) groups excluding carboxylic acids is 1. The van der Waals surface area contributed by atoms with Gasteiger partial charge >= 0.3 is 6.03 Å². The maximum absolute atomic E-state index is 13.1. The Kier molecular flexibility index (Phi) is 6.67. The number of carbonyl (C=O) groups is 1. The molecular weight excluding hydrogens is 465 g/mol. The minimum Gasteiger partial charge on any atom is -0.457 e. The minimum atomic E-state index is -0.306. The van der Waals surface area contributed by atoms with E-state index in [0.717, 1.165) is 49.6 Å². The Hall–Kier alpha value is -3.09. The van der Waals surface area contributed by atoms with Crippen molar-refractivity contribution >= 4 is 23.3 Å². The standard InChI is InChI=1S/C28H29ClFN3O2/c1-20(25-4-2-3-5-26(25)29)32-16-14-28(18-32)15-17-33(19-28)27(34)31-22-8-12-24(13-9-22)35-23-10-6-21(30)7-11-23/h2-13,20H,14-19H2,1H3,(H,31,34). The third-order valence-corrected chi connectivity index (χ3v) is 7.60. The smallest absolute Gasteiger partial charge is 0.321 e. The zero-order chi connectivity index (χ0) is 24.4. The third-order valence-electron chi connectivity index (χ3n) is 7.25. The molecule has 2 heterocycles. The first-order valence-electron chi connectivity index (χ1n) is 12.0. The van der Waals surface area contributed by atoms with Gasteiger partial charge in [-0.2, -0.15) is 0 Å². The van der Waals surface area contributed by atoms with Gasteiger partial charge in [0.2, 0.25) is 0 Å². The highest BCUT2D eigenvalue weighted by Crippen LogP contribution is 2.43. The lowest BCUT2D eigenvalue weighted by Gasteiger charge is -2.29. The van der Waals surface area contributed by atoms with Crippen molar-refractivity contribution in [3.8, 4) is 11.5 Å². The largest absolute Gasteiger partial charge is 0.457 e. The van der Waals surface area contributed by atoms with Crippen molar-refractivity contribution in [3.05, 3.63) is 89.2 Å². The molecule has 2 unspecified atom stereocenters. The van der Waals surface area contributed by atoms with E-state index in [4.69, 9.17) is 16.3 Å². The number of anilines is 1. The van der Waals surface area contributed by atoms with Gasteiger partial charge < -0.3 is 15.0 Å². The molecule has 0 saturated carbocycles. The summed E-state index contributed by atoms with van der Waals surface area (Å²) >= 11 is 6.44. The Morgan fingerprint density at radius 3 is 2.34 bits per heavy atom. The fourth-order valence-corrected chi connectivity index (χ4v) is 5.49. The van der Waals surface area contributed by atoms with Crippen LogP contribution in [-0.2, 0) is 0 Å². The number of amides is 2. The van der Waals surface area contributed by atoms with Crippen LogP contribution in [0.3, 0.4) is 0 Å². The molecule has 2 aliphatic heterocycles. The molecule has 7 heteroatoms. The van der Waals surface area contributed by atoms with Crippen LogP contribution >= 0.6 is 11.6 Å². The monoisotopic (exact) mass is 493 g/mol. The minimum absolute atomic E-state index is 0.0771. The van der Waals surface area contributed by atoms with Crippen molar-refractivity contribution in [3.63, 3.8) is 0 Å². The summed E-state index contributed by atoms with van der Waals surface area (Å²) in [6.07, 6.45) is 2.09. The van der Waals surface area contributed by atoms with Crippen molar-refractivity contribution in [1.29, 1.82) is 0 Å². The molecule has 0 aliphatic carbocycles. The number of hydrogen-bond acceptors (Lipinski definition) is 3. The Labute approximate surface area is 210 Å². The van der Waals surface area contributed by atoms with Crippen LogP contribution in [-0.4, -0.2) is 42.0 Å². The summed E-state index contributed by atoms with van der Waals surface area (Å²) in [6.45, 7) is 5.71. The van der Waals surface area contributed by atoms with Crippen LogP contribution in [0.5, 0.6) is 11.5 Å². The highest BCUT2D eigenvalue weighted by atomic mass is 35.5. The first-order chi connectivity index (χ1) is 16.9. The first-order valence-corrected chi connectivity index (χ1v) is 12.4. The topological polar surface area (TPSA) is 44.8 Å². The molecule has 0 aromatic heterocycles. The van der Waals surface area contributed by atoms with E-state index in [9.17, 15) is 9.18 Å². The summed E-state index contributed by atoms with van der Waals surface area (Å²) in [7, 11) is 0. The van der Waals surface area contributed by atoms with Crippen LogP contribution in [0, 0.1) is 11.2 Å². The summed E-state index contributed by atoms with van der Waals surface area (Å²) in [5, 5.41) is 3.81. The van der Waals surface area contributed by atoms with E-state index in [0.29, 0.717) is 17.2 Å². The Bertz CT molecular complexity index is 1190. The highest BCUT2D eigenvalue weighted by Gasteiger charge is 2.45. The fraction of sp³-hybridized carbons (Fsp3) is 0.321. The van der Waals surface area contributed by atoms with E-state index in [1.165, 1.54) is 12.1 Å². The molecule has 2 atom stereocenters. The molecule has 0 bridgehead atoms. The van der Waals surface area contributed by atoms with Crippen LogP contribution in [0.2, 0.25) is 5.02 Å². The van der Waals surface area contributed by atoms with Gasteiger partial charge in [0.05, 0.1) is 0 Å². The fourth-order valence-electron chi connectivity index (χ4n) is 5.20. The van der Waals surface area contributed by atoms with Crippen LogP contribution < -0.4 is 10.1 Å². The van der Waals surface area contributed by atoms with Crippen LogP contribution in [0.15, 0.2) is 72.8 Å². The van der Waals surface area contributed by atoms with Gasteiger partial charge in [0, 0.05) is 41.8 Å². The molecular formula is C28H29ClFN3O2. The van der Waals surface area contributed by atoms with E-state index < -0.39 is 0 Å². The molecule has 35 heavy (non-hydrogen) atoms. The Balaban J connectivity index is 1.15. The van der Waals surface area contributed by atoms with Crippen molar-refractivity contribution in [2.45, 2.75) is 25.8 Å². The number of rotatable bonds is 5. The number of ether oxygens (including phenoxy) is 1. The lowest BCUT2D eigenvalue weighted by molar-refractivity contribution is 0.201. The maximum atomic E-state index is 13.1.